The van der Waals surface area contributed by atoms with Crippen LogP contribution in [0.15, 0.2) is 29.4 Å². The fraction of sp³-hybridized carbons (Fsp3) is 0.429. The van der Waals surface area contributed by atoms with Gasteiger partial charge in [-0.15, -0.1) is 0 Å². The van der Waals surface area contributed by atoms with Crippen molar-refractivity contribution in [3.8, 4) is 0 Å². The molecule has 7 heteroatoms. The predicted molar refractivity (Wildman–Crippen MR) is 79.2 cm³/mol. The highest BCUT2D eigenvalue weighted by atomic mass is 16.6. The average Bonchev–Trinajstić information content (AvgIpc) is 2.48. The first-order valence-corrected chi connectivity index (χ1v) is 7.00. The van der Waals surface area contributed by atoms with Crippen molar-refractivity contribution in [3.05, 3.63) is 39.9 Å². The van der Waals surface area contributed by atoms with E-state index in [1.165, 1.54) is 18.7 Å². The molecule has 2 amide bonds. The lowest BCUT2D eigenvalue weighted by Gasteiger charge is -2.22. The van der Waals surface area contributed by atoms with Crippen LogP contribution in [-0.2, 0) is 0 Å². The number of carbonyl (C=O) groups is 1. The summed E-state index contributed by atoms with van der Waals surface area (Å²) in [5.74, 6) is 0. The van der Waals surface area contributed by atoms with Gasteiger partial charge in [0.1, 0.15) is 0 Å². The standard InChI is InChI=1S/C14H18N4O3/c19-14(16-12-7-2-1-3-8-12)17-15-10-11-6-4-5-9-13(11)18(20)21/h4-6,9-10,12H,1-3,7-8H2,(H2,16,17,19)/b15-10+. The highest BCUT2D eigenvalue weighted by molar-refractivity contribution is 5.86. The number of amides is 2. The van der Waals surface area contributed by atoms with E-state index in [1.807, 2.05) is 0 Å². The Morgan fingerprint density at radius 1 is 1.29 bits per heavy atom. The molecule has 2 N–H and O–H groups in total. The van der Waals surface area contributed by atoms with E-state index in [4.69, 9.17) is 0 Å². The van der Waals surface area contributed by atoms with Gasteiger partial charge in [-0.2, -0.15) is 5.10 Å². The summed E-state index contributed by atoms with van der Waals surface area (Å²) in [5.41, 5.74) is 2.64. The Morgan fingerprint density at radius 2 is 2.00 bits per heavy atom. The zero-order valence-electron chi connectivity index (χ0n) is 11.6. The molecular weight excluding hydrogens is 272 g/mol. The van der Waals surface area contributed by atoms with E-state index >= 15 is 0 Å². The highest BCUT2D eigenvalue weighted by Crippen LogP contribution is 2.17. The summed E-state index contributed by atoms with van der Waals surface area (Å²) in [4.78, 5) is 22.0. The fourth-order valence-corrected chi connectivity index (χ4v) is 2.39. The molecule has 1 aliphatic carbocycles. The van der Waals surface area contributed by atoms with Gasteiger partial charge in [-0.25, -0.2) is 10.2 Å². The summed E-state index contributed by atoms with van der Waals surface area (Å²) in [6.45, 7) is 0. The van der Waals surface area contributed by atoms with E-state index in [1.54, 1.807) is 18.2 Å². The van der Waals surface area contributed by atoms with Crippen molar-refractivity contribution in [2.24, 2.45) is 5.10 Å². The van der Waals surface area contributed by atoms with Crippen LogP contribution in [0.1, 0.15) is 37.7 Å². The van der Waals surface area contributed by atoms with Gasteiger partial charge in [-0.1, -0.05) is 31.4 Å². The number of nitrogens with zero attached hydrogens (tertiary/aromatic N) is 2. The number of nitro benzene ring substituents is 1. The Morgan fingerprint density at radius 3 is 2.71 bits per heavy atom. The van der Waals surface area contributed by atoms with Crippen LogP contribution in [0, 0.1) is 10.1 Å². The van der Waals surface area contributed by atoms with Gasteiger partial charge in [0.2, 0.25) is 0 Å². The molecule has 0 radical (unpaired) electrons. The van der Waals surface area contributed by atoms with Crippen LogP contribution in [-0.4, -0.2) is 23.2 Å². The SMILES string of the molecule is O=C(N/N=C/c1ccccc1[N+](=O)[O-])NC1CCCCC1. The first-order chi connectivity index (χ1) is 10.2. The zero-order valence-corrected chi connectivity index (χ0v) is 11.6. The minimum absolute atomic E-state index is 0.0456. The number of nitro groups is 1. The summed E-state index contributed by atoms with van der Waals surface area (Å²) >= 11 is 0. The number of nitrogens with one attached hydrogen (secondary N) is 2. The Bertz CT molecular complexity index is 539. The van der Waals surface area contributed by atoms with Gasteiger partial charge in [-0.05, 0) is 18.9 Å². The third-order valence-corrected chi connectivity index (χ3v) is 3.44. The van der Waals surface area contributed by atoms with Gasteiger partial charge < -0.3 is 5.32 Å². The molecule has 0 spiro atoms. The van der Waals surface area contributed by atoms with Gasteiger partial charge in [0.25, 0.3) is 5.69 Å². The zero-order chi connectivity index (χ0) is 15.1. The van der Waals surface area contributed by atoms with E-state index in [2.05, 4.69) is 15.8 Å². The third kappa shape index (κ3) is 4.55. The number of urea groups is 1. The molecule has 0 atom stereocenters. The Labute approximate surface area is 122 Å². The van der Waals surface area contributed by atoms with Crippen molar-refractivity contribution in [1.82, 2.24) is 10.7 Å². The number of hydrogen-bond donors (Lipinski definition) is 2. The van der Waals surface area contributed by atoms with Crippen LogP contribution in [0.5, 0.6) is 0 Å². The molecule has 1 aromatic rings. The van der Waals surface area contributed by atoms with Gasteiger partial charge in [0, 0.05) is 12.1 Å². The molecule has 1 aromatic carbocycles. The average molecular weight is 290 g/mol. The van der Waals surface area contributed by atoms with Crippen molar-refractivity contribution >= 4 is 17.9 Å². The second kappa shape index (κ2) is 7.37. The molecule has 1 aliphatic rings. The van der Waals surface area contributed by atoms with Crippen molar-refractivity contribution in [3.63, 3.8) is 0 Å². The van der Waals surface area contributed by atoms with E-state index in [0.29, 0.717) is 5.56 Å². The molecule has 21 heavy (non-hydrogen) atoms. The molecule has 0 unspecified atom stereocenters. The maximum Gasteiger partial charge on any atom is 0.335 e. The number of hydrogen-bond acceptors (Lipinski definition) is 4. The quantitative estimate of drug-likeness (QED) is 0.506. The third-order valence-electron chi connectivity index (χ3n) is 3.44. The summed E-state index contributed by atoms with van der Waals surface area (Å²) in [7, 11) is 0. The molecule has 1 fully saturated rings. The van der Waals surface area contributed by atoms with Gasteiger partial charge in [0.05, 0.1) is 16.7 Å². The largest absolute Gasteiger partial charge is 0.335 e. The van der Waals surface area contributed by atoms with E-state index < -0.39 is 4.92 Å². The number of hydrazone groups is 1. The molecule has 2 rings (SSSR count). The van der Waals surface area contributed by atoms with Crippen LogP contribution >= 0.6 is 0 Å². The monoisotopic (exact) mass is 290 g/mol. The Balaban J connectivity index is 1.87. The van der Waals surface area contributed by atoms with E-state index in [-0.39, 0.29) is 17.8 Å². The van der Waals surface area contributed by atoms with Gasteiger partial charge >= 0.3 is 6.03 Å². The second-order valence-corrected chi connectivity index (χ2v) is 4.99. The van der Waals surface area contributed by atoms with Crippen LogP contribution < -0.4 is 10.7 Å². The van der Waals surface area contributed by atoms with Crippen molar-refractivity contribution in [2.75, 3.05) is 0 Å². The molecule has 0 aromatic heterocycles. The van der Waals surface area contributed by atoms with Crippen LogP contribution in [0.3, 0.4) is 0 Å². The first kappa shape index (κ1) is 15.0. The minimum Gasteiger partial charge on any atom is -0.334 e. The van der Waals surface area contributed by atoms with Crippen molar-refractivity contribution < 1.29 is 9.72 Å². The van der Waals surface area contributed by atoms with Crippen molar-refractivity contribution in [2.45, 2.75) is 38.1 Å². The van der Waals surface area contributed by atoms with Gasteiger partial charge in [-0.3, -0.25) is 10.1 Å². The summed E-state index contributed by atoms with van der Waals surface area (Å²) in [6, 6.07) is 6.04. The number of para-hydroxylation sites is 1. The normalized spacial score (nSPS) is 15.8. The lowest BCUT2D eigenvalue weighted by molar-refractivity contribution is -0.385. The van der Waals surface area contributed by atoms with Crippen molar-refractivity contribution in [1.29, 1.82) is 0 Å². The molecule has 1 saturated carbocycles. The summed E-state index contributed by atoms with van der Waals surface area (Å²) < 4.78 is 0. The lowest BCUT2D eigenvalue weighted by atomic mass is 9.96. The smallest absolute Gasteiger partial charge is 0.334 e. The molecular formula is C14H18N4O3. The summed E-state index contributed by atoms with van der Waals surface area (Å²) in [5, 5.41) is 17.4. The molecule has 0 bridgehead atoms. The topological polar surface area (TPSA) is 96.6 Å². The highest BCUT2D eigenvalue weighted by Gasteiger charge is 2.15. The Kier molecular flexibility index (Phi) is 5.25. The molecule has 0 aliphatic heterocycles. The first-order valence-electron chi connectivity index (χ1n) is 7.00. The van der Waals surface area contributed by atoms with E-state index in [9.17, 15) is 14.9 Å². The lowest BCUT2D eigenvalue weighted by Crippen LogP contribution is -2.41. The van der Waals surface area contributed by atoms with Gasteiger partial charge in [0.15, 0.2) is 0 Å². The van der Waals surface area contributed by atoms with Crippen LogP contribution in [0.25, 0.3) is 0 Å². The molecule has 0 heterocycles. The molecule has 112 valence electrons. The maximum absolute atomic E-state index is 11.7. The summed E-state index contributed by atoms with van der Waals surface area (Å²) in [6.07, 6.45) is 6.73. The minimum atomic E-state index is -0.483. The van der Waals surface area contributed by atoms with Crippen LogP contribution in [0.2, 0.25) is 0 Å². The molecule has 0 saturated heterocycles. The number of benzene rings is 1. The second-order valence-electron chi connectivity index (χ2n) is 4.99. The predicted octanol–water partition coefficient (Wildman–Crippen LogP) is 2.56. The number of carbonyl (C=O) groups excluding carboxylic acids is 1. The van der Waals surface area contributed by atoms with Crippen LogP contribution in [0.4, 0.5) is 10.5 Å². The Hall–Kier alpha value is -2.44. The number of rotatable bonds is 4. The molecule has 7 nitrogen and oxygen atoms in total. The fourth-order valence-electron chi connectivity index (χ4n) is 2.39. The van der Waals surface area contributed by atoms with E-state index in [0.717, 1.165) is 25.7 Å². The maximum atomic E-state index is 11.7.